The van der Waals surface area contributed by atoms with Crippen molar-refractivity contribution in [2.75, 3.05) is 13.2 Å². The quantitative estimate of drug-likeness (QED) is 0.438. The minimum absolute atomic E-state index is 0.354. The van der Waals surface area contributed by atoms with Gasteiger partial charge in [-0.05, 0) is 6.42 Å². The zero-order valence-electron chi connectivity index (χ0n) is 8.97. The normalized spacial score (nSPS) is 12.4. The maximum absolute atomic E-state index is 8.37. The predicted octanol–water partition coefficient (Wildman–Crippen LogP) is 3.49. The van der Waals surface area contributed by atoms with Gasteiger partial charge in [0.2, 0.25) is 0 Å². The first-order valence-electron chi connectivity index (χ1n) is 5.42. The Morgan fingerprint density at radius 3 is 2.50 bits per heavy atom. The van der Waals surface area contributed by atoms with Gasteiger partial charge in [-0.25, -0.2) is 0 Å². The Morgan fingerprint density at radius 2 is 1.86 bits per heavy atom. The Hall–Kier alpha value is -0.260. The highest BCUT2D eigenvalue weighted by atomic mass is 35.5. The summed E-state index contributed by atoms with van der Waals surface area (Å²) in [5, 5.41) is 7.88. The minimum atomic E-state index is -0.491. The third-order valence-corrected chi connectivity index (χ3v) is 2.27. The van der Waals surface area contributed by atoms with Gasteiger partial charge in [0, 0.05) is 6.61 Å². The molecular formula is C11H20ClNO. The van der Waals surface area contributed by atoms with E-state index in [1.54, 1.807) is 0 Å². The first kappa shape index (κ1) is 13.7. The van der Waals surface area contributed by atoms with E-state index in [0.29, 0.717) is 6.61 Å². The Morgan fingerprint density at radius 1 is 1.21 bits per heavy atom. The lowest BCUT2D eigenvalue weighted by atomic mass is 10.1. The molecule has 0 saturated heterocycles. The fraction of sp³-hybridized carbons (Fsp3) is 0.909. The molecule has 82 valence electrons. The summed E-state index contributed by atoms with van der Waals surface area (Å²) in [6.45, 7) is 3.30. The molecule has 0 rings (SSSR count). The molecule has 0 bridgehead atoms. The van der Waals surface area contributed by atoms with E-state index in [1.807, 2.05) is 6.07 Å². The molecule has 0 radical (unpaired) electrons. The molecule has 3 heteroatoms. The van der Waals surface area contributed by atoms with Crippen LogP contribution in [0, 0.1) is 11.3 Å². The van der Waals surface area contributed by atoms with Gasteiger partial charge in [-0.3, -0.25) is 0 Å². The lowest BCUT2D eigenvalue weighted by Crippen LogP contribution is -2.07. The molecule has 2 nitrogen and oxygen atoms in total. The van der Waals surface area contributed by atoms with E-state index in [9.17, 15) is 0 Å². The number of hydrogen-bond acceptors (Lipinski definition) is 2. The second-order valence-corrected chi connectivity index (χ2v) is 3.97. The summed E-state index contributed by atoms with van der Waals surface area (Å²) in [7, 11) is 0. The van der Waals surface area contributed by atoms with E-state index >= 15 is 0 Å². The van der Waals surface area contributed by atoms with Gasteiger partial charge in [-0.2, -0.15) is 5.26 Å². The van der Waals surface area contributed by atoms with Crippen molar-refractivity contribution in [1.29, 1.82) is 5.26 Å². The highest BCUT2D eigenvalue weighted by Gasteiger charge is 2.00. The van der Waals surface area contributed by atoms with Crippen LogP contribution in [0.3, 0.4) is 0 Å². The molecule has 0 aliphatic heterocycles. The van der Waals surface area contributed by atoms with Gasteiger partial charge in [0.1, 0.15) is 5.38 Å². The maximum atomic E-state index is 8.37. The van der Waals surface area contributed by atoms with E-state index < -0.39 is 5.38 Å². The Kier molecular flexibility index (Phi) is 10.6. The summed E-state index contributed by atoms with van der Waals surface area (Å²) < 4.78 is 5.24. The number of rotatable bonds is 9. The summed E-state index contributed by atoms with van der Waals surface area (Å²) in [5.74, 6) is 0. The van der Waals surface area contributed by atoms with Gasteiger partial charge in [0.15, 0.2) is 0 Å². The molecule has 0 aromatic heterocycles. The Bertz CT molecular complexity index is 156. The first-order chi connectivity index (χ1) is 6.81. The molecule has 1 atom stereocenters. The van der Waals surface area contributed by atoms with E-state index in [1.165, 1.54) is 32.1 Å². The molecule has 14 heavy (non-hydrogen) atoms. The second-order valence-electron chi connectivity index (χ2n) is 3.44. The summed E-state index contributed by atoms with van der Waals surface area (Å²) in [4.78, 5) is 0. The average molecular weight is 218 g/mol. The van der Waals surface area contributed by atoms with Crippen LogP contribution >= 0.6 is 11.6 Å². The van der Waals surface area contributed by atoms with E-state index in [0.717, 1.165) is 13.0 Å². The van der Waals surface area contributed by atoms with Crippen LogP contribution in [0.25, 0.3) is 0 Å². The van der Waals surface area contributed by atoms with Crippen LogP contribution in [-0.2, 0) is 4.74 Å². The van der Waals surface area contributed by atoms with Crippen LogP contribution in [0.5, 0.6) is 0 Å². The lowest BCUT2D eigenvalue weighted by Gasteiger charge is -2.03. The van der Waals surface area contributed by atoms with Crippen molar-refractivity contribution < 1.29 is 4.74 Å². The standard InChI is InChI=1S/C11H20ClNO/c1-2-3-4-5-6-7-8-14-10-11(12)9-13/h11H,2-8,10H2,1H3. The highest BCUT2D eigenvalue weighted by molar-refractivity contribution is 6.22. The molecule has 1 unspecified atom stereocenters. The van der Waals surface area contributed by atoms with Gasteiger partial charge in [-0.15, -0.1) is 11.6 Å². The molecule has 0 aromatic carbocycles. The van der Waals surface area contributed by atoms with Crippen molar-refractivity contribution in [1.82, 2.24) is 0 Å². The van der Waals surface area contributed by atoms with Crippen LogP contribution in [0.4, 0.5) is 0 Å². The van der Waals surface area contributed by atoms with Crippen molar-refractivity contribution in [2.45, 2.75) is 50.8 Å². The molecule has 0 N–H and O–H groups in total. The zero-order valence-corrected chi connectivity index (χ0v) is 9.72. The fourth-order valence-electron chi connectivity index (χ4n) is 1.21. The van der Waals surface area contributed by atoms with E-state index in [-0.39, 0.29) is 0 Å². The first-order valence-corrected chi connectivity index (χ1v) is 5.86. The largest absolute Gasteiger partial charge is 0.379 e. The van der Waals surface area contributed by atoms with Crippen molar-refractivity contribution >= 4 is 11.6 Å². The SMILES string of the molecule is CCCCCCCCOCC(Cl)C#N. The molecule has 0 spiro atoms. The van der Waals surface area contributed by atoms with Crippen LogP contribution < -0.4 is 0 Å². The lowest BCUT2D eigenvalue weighted by molar-refractivity contribution is 0.137. The number of ether oxygens (including phenoxy) is 1. The van der Waals surface area contributed by atoms with Crippen LogP contribution in [0.1, 0.15) is 45.4 Å². The summed E-state index contributed by atoms with van der Waals surface area (Å²) in [5.41, 5.74) is 0. The monoisotopic (exact) mass is 217 g/mol. The van der Waals surface area contributed by atoms with Gasteiger partial charge in [0.05, 0.1) is 12.7 Å². The second kappa shape index (κ2) is 10.8. The molecule has 0 fully saturated rings. The van der Waals surface area contributed by atoms with Crippen LogP contribution in [0.15, 0.2) is 0 Å². The third kappa shape index (κ3) is 9.83. The minimum Gasteiger partial charge on any atom is -0.379 e. The smallest absolute Gasteiger partial charge is 0.143 e. The van der Waals surface area contributed by atoms with Crippen LogP contribution in [0.2, 0.25) is 0 Å². The fourth-order valence-corrected chi connectivity index (χ4v) is 1.30. The van der Waals surface area contributed by atoms with Crippen molar-refractivity contribution in [3.8, 4) is 6.07 Å². The van der Waals surface area contributed by atoms with Gasteiger partial charge in [0.25, 0.3) is 0 Å². The van der Waals surface area contributed by atoms with Gasteiger partial charge >= 0.3 is 0 Å². The van der Waals surface area contributed by atoms with Crippen LogP contribution in [-0.4, -0.2) is 18.6 Å². The maximum Gasteiger partial charge on any atom is 0.143 e. The molecule has 0 aliphatic carbocycles. The summed E-state index contributed by atoms with van der Waals surface area (Å²) in [6, 6.07) is 1.92. The predicted molar refractivity (Wildman–Crippen MR) is 59.4 cm³/mol. The molecule has 0 aliphatic rings. The highest BCUT2D eigenvalue weighted by Crippen LogP contribution is 2.05. The van der Waals surface area contributed by atoms with Gasteiger partial charge < -0.3 is 4.74 Å². The molecular weight excluding hydrogens is 198 g/mol. The molecule has 0 aromatic rings. The molecule has 0 heterocycles. The third-order valence-electron chi connectivity index (χ3n) is 2.05. The van der Waals surface area contributed by atoms with Crippen molar-refractivity contribution in [3.05, 3.63) is 0 Å². The van der Waals surface area contributed by atoms with E-state index in [2.05, 4.69) is 6.92 Å². The Balaban J connectivity index is 2.96. The average Bonchev–Trinajstić information content (AvgIpc) is 2.21. The molecule has 0 saturated carbocycles. The number of nitriles is 1. The number of alkyl halides is 1. The van der Waals surface area contributed by atoms with E-state index in [4.69, 9.17) is 21.6 Å². The summed E-state index contributed by atoms with van der Waals surface area (Å²) in [6.07, 6.45) is 7.54. The Labute approximate surface area is 92.2 Å². The number of unbranched alkanes of at least 4 members (excludes halogenated alkanes) is 5. The van der Waals surface area contributed by atoms with Gasteiger partial charge in [-0.1, -0.05) is 39.0 Å². The number of nitrogens with zero attached hydrogens (tertiary/aromatic N) is 1. The summed E-state index contributed by atoms with van der Waals surface area (Å²) >= 11 is 5.56. The van der Waals surface area contributed by atoms with Crippen molar-refractivity contribution in [2.24, 2.45) is 0 Å². The topological polar surface area (TPSA) is 33.0 Å². The van der Waals surface area contributed by atoms with Crippen molar-refractivity contribution in [3.63, 3.8) is 0 Å². The molecule has 0 amide bonds. The number of hydrogen-bond donors (Lipinski definition) is 0. The number of halogens is 1. The zero-order chi connectivity index (χ0) is 10.6.